The van der Waals surface area contributed by atoms with Gasteiger partial charge in [-0.25, -0.2) is 4.39 Å². The fraction of sp³-hybridized carbons (Fsp3) is 0.235. The number of benzene rings is 2. The first-order valence-corrected chi connectivity index (χ1v) is 7.56. The molecule has 0 aliphatic rings. The maximum absolute atomic E-state index is 12.8. The average molecular weight is 288 g/mol. The molecule has 0 aliphatic carbocycles. The maximum Gasteiger partial charge on any atom is 0.165 e. The number of halogens is 1. The summed E-state index contributed by atoms with van der Waals surface area (Å²) in [5.74, 6) is 0.765. The molecule has 0 atom stereocenters. The van der Waals surface area contributed by atoms with E-state index in [1.807, 2.05) is 38.1 Å². The van der Waals surface area contributed by atoms with Crippen molar-refractivity contribution in [3.8, 4) is 0 Å². The standard InChI is InChI=1S/C17H17FOS/c1-12(2)17(19)14-5-9-16(10-6-14)20-11-13-3-7-15(18)8-4-13/h3-10,12H,11H2,1-2H3. The fourth-order valence-corrected chi connectivity index (χ4v) is 2.65. The zero-order chi connectivity index (χ0) is 14.5. The van der Waals surface area contributed by atoms with Gasteiger partial charge < -0.3 is 0 Å². The van der Waals surface area contributed by atoms with Crippen molar-refractivity contribution in [2.45, 2.75) is 24.5 Å². The van der Waals surface area contributed by atoms with Crippen molar-refractivity contribution >= 4 is 17.5 Å². The van der Waals surface area contributed by atoms with Crippen molar-refractivity contribution < 1.29 is 9.18 Å². The Balaban J connectivity index is 1.97. The van der Waals surface area contributed by atoms with E-state index in [1.165, 1.54) is 12.1 Å². The largest absolute Gasteiger partial charge is 0.294 e. The van der Waals surface area contributed by atoms with Crippen LogP contribution in [0, 0.1) is 11.7 Å². The SMILES string of the molecule is CC(C)C(=O)c1ccc(SCc2ccc(F)cc2)cc1. The van der Waals surface area contributed by atoms with Crippen LogP contribution in [0.1, 0.15) is 29.8 Å². The molecule has 0 unspecified atom stereocenters. The predicted octanol–water partition coefficient (Wildman–Crippen LogP) is 4.96. The van der Waals surface area contributed by atoms with Gasteiger partial charge in [-0.2, -0.15) is 0 Å². The third kappa shape index (κ3) is 3.94. The minimum absolute atomic E-state index is 0.0210. The molecule has 104 valence electrons. The van der Waals surface area contributed by atoms with Gasteiger partial charge in [0.05, 0.1) is 0 Å². The number of hydrogen-bond acceptors (Lipinski definition) is 2. The number of rotatable bonds is 5. The highest BCUT2D eigenvalue weighted by Crippen LogP contribution is 2.23. The van der Waals surface area contributed by atoms with Gasteiger partial charge in [-0.1, -0.05) is 38.1 Å². The summed E-state index contributed by atoms with van der Waals surface area (Å²) in [6, 6.07) is 14.2. The Morgan fingerprint density at radius 2 is 1.65 bits per heavy atom. The highest BCUT2D eigenvalue weighted by Gasteiger charge is 2.09. The summed E-state index contributed by atoms with van der Waals surface area (Å²) < 4.78 is 12.8. The van der Waals surface area contributed by atoms with Crippen LogP contribution in [0.5, 0.6) is 0 Å². The molecule has 0 saturated heterocycles. The lowest BCUT2D eigenvalue weighted by molar-refractivity contribution is 0.0939. The second-order valence-corrected chi connectivity index (χ2v) is 6.01. The Labute approximate surface area is 123 Å². The Hall–Kier alpha value is -1.61. The molecule has 3 heteroatoms. The van der Waals surface area contributed by atoms with Gasteiger partial charge in [-0.15, -0.1) is 11.8 Å². The van der Waals surface area contributed by atoms with Crippen LogP contribution in [0.15, 0.2) is 53.4 Å². The lowest BCUT2D eigenvalue weighted by Gasteiger charge is -2.06. The van der Waals surface area contributed by atoms with Crippen molar-refractivity contribution in [1.82, 2.24) is 0 Å². The lowest BCUT2D eigenvalue weighted by atomic mass is 10.0. The smallest absolute Gasteiger partial charge is 0.165 e. The molecule has 0 heterocycles. The molecule has 0 bridgehead atoms. The average Bonchev–Trinajstić information content (AvgIpc) is 2.46. The molecular formula is C17H17FOS. The van der Waals surface area contributed by atoms with Crippen molar-refractivity contribution in [2.75, 3.05) is 0 Å². The zero-order valence-electron chi connectivity index (χ0n) is 11.6. The summed E-state index contributed by atoms with van der Waals surface area (Å²) >= 11 is 1.67. The zero-order valence-corrected chi connectivity index (χ0v) is 12.4. The van der Waals surface area contributed by atoms with Crippen LogP contribution < -0.4 is 0 Å². The van der Waals surface area contributed by atoms with E-state index in [2.05, 4.69) is 0 Å². The lowest BCUT2D eigenvalue weighted by Crippen LogP contribution is -2.06. The van der Waals surface area contributed by atoms with Gasteiger partial charge in [0.2, 0.25) is 0 Å². The van der Waals surface area contributed by atoms with Gasteiger partial charge in [-0.3, -0.25) is 4.79 Å². The number of carbonyl (C=O) groups is 1. The highest BCUT2D eigenvalue weighted by atomic mass is 32.2. The topological polar surface area (TPSA) is 17.1 Å². The first-order valence-electron chi connectivity index (χ1n) is 6.58. The summed E-state index contributed by atoms with van der Waals surface area (Å²) in [4.78, 5) is 12.9. The van der Waals surface area contributed by atoms with Crippen molar-refractivity contribution in [3.63, 3.8) is 0 Å². The number of Topliss-reactive ketones (excluding diaryl/α,β-unsaturated/α-hetero) is 1. The van der Waals surface area contributed by atoms with Crippen LogP contribution in [0.25, 0.3) is 0 Å². The van der Waals surface area contributed by atoms with E-state index in [-0.39, 0.29) is 17.5 Å². The van der Waals surface area contributed by atoms with Gasteiger partial charge in [-0.05, 0) is 29.8 Å². The van der Waals surface area contributed by atoms with E-state index in [0.29, 0.717) is 0 Å². The third-order valence-corrected chi connectivity index (χ3v) is 4.07. The number of ketones is 1. The molecule has 0 fully saturated rings. The van der Waals surface area contributed by atoms with Crippen LogP contribution in [0.4, 0.5) is 4.39 Å². The Morgan fingerprint density at radius 1 is 1.05 bits per heavy atom. The minimum atomic E-state index is -0.213. The molecule has 0 amide bonds. The molecule has 0 radical (unpaired) electrons. The predicted molar refractivity (Wildman–Crippen MR) is 81.6 cm³/mol. The minimum Gasteiger partial charge on any atom is -0.294 e. The first kappa shape index (κ1) is 14.8. The van der Waals surface area contributed by atoms with Crippen LogP contribution in [0.2, 0.25) is 0 Å². The summed E-state index contributed by atoms with van der Waals surface area (Å²) in [6.07, 6.45) is 0. The number of hydrogen-bond donors (Lipinski definition) is 0. The van der Waals surface area contributed by atoms with Gasteiger partial charge in [0.15, 0.2) is 5.78 Å². The second-order valence-electron chi connectivity index (χ2n) is 4.96. The molecular weight excluding hydrogens is 271 g/mol. The van der Waals surface area contributed by atoms with E-state index in [9.17, 15) is 9.18 Å². The number of carbonyl (C=O) groups excluding carboxylic acids is 1. The van der Waals surface area contributed by atoms with E-state index < -0.39 is 0 Å². The van der Waals surface area contributed by atoms with Crippen LogP contribution in [0.3, 0.4) is 0 Å². The summed E-state index contributed by atoms with van der Waals surface area (Å²) in [5.41, 5.74) is 1.84. The van der Waals surface area contributed by atoms with Gasteiger partial charge in [0.25, 0.3) is 0 Å². The van der Waals surface area contributed by atoms with Gasteiger partial charge in [0, 0.05) is 22.1 Å². The fourth-order valence-electron chi connectivity index (χ4n) is 1.80. The Morgan fingerprint density at radius 3 is 2.20 bits per heavy atom. The molecule has 0 spiro atoms. The molecule has 0 aromatic heterocycles. The van der Waals surface area contributed by atoms with Crippen molar-refractivity contribution in [1.29, 1.82) is 0 Å². The highest BCUT2D eigenvalue weighted by molar-refractivity contribution is 7.98. The monoisotopic (exact) mass is 288 g/mol. The summed E-state index contributed by atoms with van der Waals surface area (Å²) in [6.45, 7) is 3.80. The third-order valence-electron chi connectivity index (χ3n) is 2.98. The summed E-state index contributed by atoms with van der Waals surface area (Å²) in [5, 5.41) is 0. The van der Waals surface area contributed by atoms with Gasteiger partial charge in [0.1, 0.15) is 5.82 Å². The van der Waals surface area contributed by atoms with E-state index in [0.717, 1.165) is 21.8 Å². The molecule has 1 nitrogen and oxygen atoms in total. The Kier molecular flexibility index (Phi) is 4.96. The molecule has 0 N–H and O–H groups in total. The molecule has 0 aliphatic heterocycles. The van der Waals surface area contributed by atoms with Crippen LogP contribution >= 0.6 is 11.8 Å². The molecule has 2 aromatic carbocycles. The quantitative estimate of drug-likeness (QED) is 0.571. The molecule has 20 heavy (non-hydrogen) atoms. The number of thioether (sulfide) groups is 1. The summed E-state index contributed by atoms with van der Waals surface area (Å²) in [7, 11) is 0. The molecule has 2 aromatic rings. The van der Waals surface area contributed by atoms with Crippen molar-refractivity contribution in [2.24, 2.45) is 5.92 Å². The van der Waals surface area contributed by atoms with Crippen LogP contribution in [-0.4, -0.2) is 5.78 Å². The molecule has 2 rings (SSSR count). The van der Waals surface area contributed by atoms with Crippen LogP contribution in [-0.2, 0) is 5.75 Å². The maximum atomic E-state index is 12.8. The molecule has 0 saturated carbocycles. The normalized spacial score (nSPS) is 10.8. The van der Waals surface area contributed by atoms with Crippen molar-refractivity contribution in [3.05, 3.63) is 65.5 Å². The van der Waals surface area contributed by atoms with E-state index in [1.54, 1.807) is 23.9 Å². The van der Waals surface area contributed by atoms with Gasteiger partial charge >= 0.3 is 0 Å². The Bertz CT molecular complexity index is 573. The van der Waals surface area contributed by atoms with E-state index in [4.69, 9.17) is 0 Å². The second kappa shape index (κ2) is 6.71. The van der Waals surface area contributed by atoms with E-state index >= 15 is 0 Å². The first-order chi connectivity index (χ1) is 9.56.